The minimum Gasteiger partial charge on any atom is -0.332 e. The lowest BCUT2D eigenvalue weighted by molar-refractivity contribution is -0.0132. The van der Waals surface area contributed by atoms with Crippen LogP contribution in [0.1, 0.15) is 38.5 Å². The summed E-state index contributed by atoms with van der Waals surface area (Å²) in [5.41, 5.74) is -0.214. The Labute approximate surface area is 147 Å². The number of carbonyl (C=O) groups excluding carboxylic acids is 1. The number of amides is 2. The Morgan fingerprint density at radius 3 is 2.00 bits per heavy atom. The van der Waals surface area contributed by atoms with Crippen molar-refractivity contribution in [1.29, 1.82) is 0 Å². The van der Waals surface area contributed by atoms with Gasteiger partial charge in [0.15, 0.2) is 0 Å². The van der Waals surface area contributed by atoms with Crippen molar-refractivity contribution in [3.8, 4) is 0 Å². The number of rotatable bonds is 3. The summed E-state index contributed by atoms with van der Waals surface area (Å²) in [7, 11) is -3.88. The average Bonchev–Trinajstić information content (AvgIpc) is 2.44. The molecule has 4 bridgehead atoms. The monoisotopic (exact) mass is 368 g/mol. The van der Waals surface area contributed by atoms with Crippen molar-refractivity contribution in [2.45, 2.75) is 49.0 Å². The molecule has 0 aromatic heterocycles. The zero-order valence-corrected chi connectivity index (χ0v) is 14.9. The largest absolute Gasteiger partial charge is 0.332 e. The van der Waals surface area contributed by atoms with Crippen LogP contribution in [0, 0.1) is 17.8 Å². The van der Waals surface area contributed by atoms with E-state index >= 15 is 0 Å². The summed E-state index contributed by atoms with van der Waals surface area (Å²) in [5, 5.41) is 3.46. The highest BCUT2D eigenvalue weighted by atomic mass is 35.5. The normalized spacial score (nSPS) is 34.1. The molecule has 130 valence electrons. The first kappa shape index (κ1) is 16.2. The summed E-state index contributed by atoms with van der Waals surface area (Å²) < 4.78 is 26.8. The van der Waals surface area contributed by atoms with Gasteiger partial charge < -0.3 is 5.32 Å². The second-order valence-corrected chi connectivity index (χ2v) is 9.83. The van der Waals surface area contributed by atoms with Gasteiger partial charge in [0.1, 0.15) is 0 Å². The van der Waals surface area contributed by atoms with Crippen LogP contribution >= 0.6 is 11.6 Å². The van der Waals surface area contributed by atoms with Crippen molar-refractivity contribution in [3.63, 3.8) is 0 Å². The maximum absolute atomic E-state index is 12.4. The Hall–Kier alpha value is -1.27. The van der Waals surface area contributed by atoms with E-state index in [4.69, 9.17) is 11.6 Å². The maximum atomic E-state index is 12.4. The van der Waals surface area contributed by atoms with Gasteiger partial charge >= 0.3 is 6.03 Å². The van der Waals surface area contributed by atoms with E-state index in [2.05, 4.69) is 10.0 Å². The molecule has 0 atom stereocenters. The highest BCUT2D eigenvalue weighted by Crippen LogP contribution is 2.55. The Bertz CT molecular complexity index is 725. The fourth-order valence-electron chi connectivity index (χ4n) is 5.32. The van der Waals surface area contributed by atoms with E-state index in [0.717, 1.165) is 19.3 Å². The maximum Gasteiger partial charge on any atom is 0.329 e. The predicted molar refractivity (Wildman–Crippen MR) is 91.2 cm³/mol. The summed E-state index contributed by atoms with van der Waals surface area (Å²) in [5.74, 6) is 2.05. The molecule has 0 aliphatic heterocycles. The third-order valence-corrected chi connectivity index (χ3v) is 7.37. The average molecular weight is 369 g/mol. The lowest BCUT2D eigenvalue weighted by Crippen LogP contribution is -2.61. The molecule has 2 amide bonds. The van der Waals surface area contributed by atoms with E-state index in [1.54, 1.807) is 0 Å². The summed E-state index contributed by atoms with van der Waals surface area (Å²) in [4.78, 5) is 12.4. The molecular weight excluding hydrogens is 348 g/mol. The second kappa shape index (κ2) is 5.63. The van der Waals surface area contributed by atoms with Crippen molar-refractivity contribution in [1.82, 2.24) is 10.0 Å². The fraction of sp³-hybridized carbons (Fsp3) is 0.588. The van der Waals surface area contributed by atoms with E-state index in [9.17, 15) is 13.2 Å². The molecule has 4 fully saturated rings. The Balaban J connectivity index is 1.46. The van der Waals surface area contributed by atoms with Gasteiger partial charge in [-0.25, -0.2) is 17.9 Å². The highest BCUT2D eigenvalue weighted by Gasteiger charge is 2.51. The van der Waals surface area contributed by atoms with Gasteiger partial charge in [0.05, 0.1) is 4.90 Å². The van der Waals surface area contributed by atoms with Gasteiger partial charge in [0.25, 0.3) is 10.0 Å². The molecule has 7 heteroatoms. The van der Waals surface area contributed by atoms with Crippen molar-refractivity contribution in [2.24, 2.45) is 17.8 Å². The third kappa shape index (κ3) is 3.02. The second-order valence-electron chi connectivity index (χ2n) is 7.71. The SMILES string of the molecule is O=C(NC12CC3CC(CC(C3)C1)C2)NS(=O)(=O)c1ccc(Cl)cc1. The first-order valence-electron chi connectivity index (χ1n) is 8.44. The van der Waals surface area contributed by atoms with Crippen LogP contribution in [0.5, 0.6) is 0 Å². The van der Waals surface area contributed by atoms with Crippen LogP contribution in [-0.4, -0.2) is 20.0 Å². The zero-order chi connectivity index (χ0) is 16.9. The number of carbonyl (C=O) groups is 1. The lowest BCUT2D eigenvalue weighted by atomic mass is 9.53. The van der Waals surface area contributed by atoms with E-state index in [1.807, 2.05) is 0 Å². The van der Waals surface area contributed by atoms with Crippen molar-refractivity contribution >= 4 is 27.7 Å². The van der Waals surface area contributed by atoms with Crippen molar-refractivity contribution in [2.75, 3.05) is 0 Å². The molecule has 0 radical (unpaired) electrons. The van der Waals surface area contributed by atoms with E-state index < -0.39 is 16.1 Å². The number of nitrogens with one attached hydrogen (secondary N) is 2. The molecule has 1 aromatic rings. The molecule has 4 aliphatic rings. The van der Waals surface area contributed by atoms with Gasteiger partial charge in [0, 0.05) is 10.6 Å². The minimum absolute atomic E-state index is 0.0348. The summed E-state index contributed by atoms with van der Waals surface area (Å²) in [6.45, 7) is 0. The molecule has 0 unspecified atom stereocenters. The van der Waals surface area contributed by atoms with Gasteiger partial charge in [-0.3, -0.25) is 0 Å². The molecule has 1 aromatic carbocycles. The topological polar surface area (TPSA) is 75.3 Å². The van der Waals surface area contributed by atoms with Gasteiger partial charge in [-0.15, -0.1) is 0 Å². The van der Waals surface area contributed by atoms with Crippen LogP contribution < -0.4 is 10.0 Å². The van der Waals surface area contributed by atoms with Crippen LogP contribution in [0.15, 0.2) is 29.2 Å². The van der Waals surface area contributed by atoms with Crippen molar-refractivity contribution in [3.05, 3.63) is 29.3 Å². The predicted octanol–water partition coefficient (Wildman–Crippen LogP) is 3.30. The number of urea groups is 1. The van der Waals surface area contributed by atoms with Gasteiger partial charge in [-0.2, -0.15) is 0 Å². The highest BCUT2D eigenvalue weighted by molar-refractivity contribution is 7.90. The van der Waals surface area contributed by atoms with Crippen LogP contribution in [0.4, 0.5) is 4.79 Å². The summed E-state index contributed by atoms with van der Waals surface area (Å²) in [6.07, 6.45) is 6.75. The molecule has 0 heterocycles. The molecule has 5 rings (SSSR count). The molecule has 4 aliphatic carbocycles. The molecule has 4 saturated carbocycles. The standard InChI is InChI=1S/C17H21ClN2O3S/c18-14-1-3-15(4-2-14)24(22,23)20-16(21)19-17-8-11-5-12(9-17)7-13(6-11)10-17/h1-4,11-13H,5-10H2,(H2,19,20,21). The summed E-state index contributed by atoms with van der Waals surface area (Å²) in [6, 6.07) is 5.15. The van der Waals surface area contributed by atoms with Crippen LogP contribution in [0.2, 0.25) is 5.02 Å². The molecule has 2 N–H and O–H groups in total. The molecule has 5 nitrogen and oxygen atoms in total. The van der Waals surface area contributed by atoms with Gasteiger partial charge in [-0.05, 0) is 80.5 Å². The van der Waals surface area contributed by atoms with Crippen LogP contribution in [0.3, 0.4) is 0 Å². The Kier molecular flexibility index (Phi) is 3.80. The van der Waals surface area contributed by atoms with Crippen LogP contribution in [0.25, 0.3) is 0 Å². The van der Waals surface area contributed by atoms with Gasteiger partial charge in [0.2, 0.25) is 0 Å². The number of halogens is 1. The molecular formula is C17H21ClN2O3S. The van der Waals surface area contributed by atoms with Crippen molar-refractivity contribution < 1.29 is 13.2 Å². The molecule has 0 spiro atoms. The molecule has 0 saturated heterocycles. The number of benzene rings is 1. The minimum atomic E-state index is -3.88. The third-order valence-electron chi connectivity index (χ3n) is 5.77. The smallest absolute Gasteiger partial charge is 0.329 e. The van der Waals surface area contributed by atoms with E-state index in [0.29, 0.717) is 22.8 Å². The zero-order valence-electron chi connectivity index (χ0n) is 13.3. The lowest BCUT2D eigenvalue weighted by Gasteiger charge is -2.56. The first-order chi connectivity index (χ1) is 11.3. The number of hydrogen-bond acceptors (Lipinski definition) is 3. The molecule has 24 heavy (non-hydrogen) atoms. The van der Waals surface area contributed by atoms with E-state index in [1.165, 1.54) is 43.5 Å². The quantitative estimate of drug-likeness (QED) is 0.859. The number of hydrogen-bond donors (Lipinski definition) is 2. The Morgan fingerprint density at radius 2 is 1.50 bits per heavy atom. The van der Waals surface area contributed by atoms with Crippen LogP contribution in [-0.2, 0) is 10.0 Å². The number of sulfonamides is 1. The summed E-state index contributed by atoms with van der Waals surface area (Å²) >= 11 is 5.78. The fourth-order valence-corrected chi connectivity index (χ4v) is 6.36. The van der Waals surface area contributed by atoms with Gasteiger partial charge in [-0.1, -0.05) is 11.6 Å². The van der Waals surface area contributed by atoms with E-state index in [-0.39, 0.29) is 10.4 Å². The first-order valence-corrected chi connectivity index (χ1v) is 10.3. The Morgan fingerprint density at radius 1 is 1.00 bits per heavy atom.